The number of para-hydroxylation sites is 1. The number of amides is 2. The van der Waals surface area contributed by atoms with Crippen LogP contribution in [0.25, 0.3) is 0 Å². The van der Waals surface area contributed by atoms with Gasteiger partial charge in [-0.25, -0.2) is 4.79 Å². The van der Waals surface area contributed by atoms with Crippen LogP contribution in [0.1, 0.15) is 6.42 Å². The van der Waals surface area contributed by atoms with Crippen molar-refractivity contribution in [3.63, 3.8) is 0 Å². The second kappa shape index (κ2) is 6.81. The molecular weight excluding hydrogens is 278 g/mol. The van der Waals surface area contributed by atoms with Crippen LogP contribution in [0.5, 0.6) is 0 Å². The number of rotatable bonds is 4. The molecule has 2 rings (SSSR count). The largest absolute Gasteiger partial charge is 0.381 e. The number of nitrogens with zero attached hydrogens (tertiary/aromatic N) is 1. The number of nitrogens with one attached hydrogen (secondary N) is 2. The third-order valence-corrected chi connectivity index (χ3v) is 3.56. The highest BCUT2D eigenvalue weighted by atomic mass is 35.5. The molecule has 0 saturated carbocycles. The van der Waals surface area contributed by atoms with Crippen LogP contribution in [-0.4, -0.2) is 39.9 Å². The number of ether oxygens (including phenoxy) is 1. The summed E-state index contributed by atoms with van der Waals surface area (Å²) >= 11 is 6.16. The fraction of sp³-hybridized carbons (Fsp3) is 0.500. The summed E-state index contributed by atoms with van der Waals surface area (Å²) in [5, 5.41) is 6.32. The summed E-state index contributed by atoms with van der Waals surface area (Å²) in [5.41, 5.74) is 1.50. The van der Waals surface area contributed by atoms with Gasteiger partial charge in [-0.2, -0.15) is 0 Å². The number of urea groups is 1. The Balaban J connectivity index is 1.95. The fourth-order valence-electron chi connectivity index (χ4n) is 2.22. The normalized spacial score (nSPS) is 17.9. The van der Waals surface area contributed by atoms with Crippen LogP contribution in [0.15, 0.2) is 18.2 Å². The molecule has 0 aliphatic carbocycles. The molecular formula is C14H20ClN3O2. The molecule has 1 heterocycles. The van der Waals surface area contributed by atoms with Crippen molar-refractivity contribution in [1.29, 1.82) is 0 Å². The predicted molar refractivity (Wildman–Crippen MR) is 81.7 cm³/mol. The lowest BCUT2D eigenvalue weighted by Gasteiger charge is -2.20. The van der Waals surface area contributed by atoms with Gasteiger partial charge < -0.3 is 20.3 Å². The Morgan fingerprint density at radius 2 is 2.30 bits per heavy atom. The van der Waals surface area contributed by atoms with E-state index in [1.807, 2.05) is 31.1 Å². The molecule has 1 unspecified atom stereocenters. The molecule has 1 fully saturated rings. The Hall–Kier alpha value is -1.46. The van der Waals surface area contributed by atoms with Gasteiger partial charge in [-0.05, 0) is 18.6 Å². The van der Waals surface area contributed by atoms with E-state index in [1.54, 1.807) is 6.07 Å². The number of hydrogen-bond donors (Lipinski definition) is 2. The molecule has 1 aliphatic rings. The van der Waals surface area contributed by atoms with Crippen molar-refractivity contribution in [2.75, 3.05) is 44.1 Å². The zero-order valence-corrected chi connectivity index (χ0v) is 12.5. The molecule has 1 aromatic carbocycles. The third kappa shape index (κ3) is 3.77. The molecule has 0 spiro atoms. The van der Waals surface area contributed by atoms with Crippen molar-refractivity contribution < 1.29 is 9.53 Å². The van der Waals surface area contributed by atoms with Crippen molar-refractivity contribution in [1.82, 2.24) is 5.32 Å². The molecule has 0 aromatic heterocycles. The minimum atomic E-state index is -0.220. The van der Waals surface area contributed by atoms with Gasteiger partial charge in [-0.1, -0.05) is 17.7 Å². The van der Waals surface area contributed by atoms with Crippen molar-refractivity contribution in [3.05, 3.63) is 23.2 Å². The maximum absolute atomic E-state index is 11.9. The molecule has 2 N–H and O–H groups in total. The molecule has 110 valence electrons. The molecule has 1 atom stereocenters. The van der Waals surface area contributed by atoms with E-state index >= 15 is 0 Å². The monoisotopic (exact) mass is 297 g/mol. The summed E-state index contributed by atoms with van der Waals surface area (Å²) in [6.45, 7) is 2.14. The molecule has 6 heteroatoms. The third-order valence-electron chi connectivity index (χ3n) is 3.26. The highest BCUT2D eigenvalue weighted by Crippen LogP contribution is 2.32. The van der Waals surface area contributed by atoms with Gasteiger partial charge in [0.1, 0.15) is 0 Å². The van der Waals surface area contributed by atoms with Crippen LogP contribution >= 0.6 is 11.6 Å². The highest BCUT2D eigenvalue weighted by Gasteiger charge is 2.17. The number of halogens is 1. The van der Waals surface area contributed by atoms with Crippen LogP contribution in [0.4, 0.5) is 16.2 Å². The van der Waals surface area contributed by atoms with Crippen LogP contribution in [-0.2, 0) is 4.74 Å². The first kappa shape index (κ1) is 14.9. The van der Waals surface area contributed by atoms with Gasteiger partial charge in [0, 0.05) is 33.2 Å². The number of hydrogen-bond acceptors (Lipinski definition) is 3. The Kier molecular flexibility index (Phi) is 5.09. The maximum Gasteiger partial charge on any atom is 0.319 e. The first-order valence-corrected chi connectivity index (χ1v) is 7.04. The van der Waals surface area contributed by atoms with Crippen molar-refractivity contribution in [2.24, 2.45) is 5.92 Å². The van der Waals surface area contributed by atoms with E-state index < -0.39 is 0 Å². The van der Waals surface area contributed by atoms with Gasteiger partial charge in [0.05, 0.1) is 23.0 Å². The van der Waals surface area contributed by atoms with E-state index in [4.69, 9.17) is 16.3 Å². The molecule has 1 aliphatic heterocycles. The molecule has 20 heavy (non-hydrogen) atoms. The minimum Gasteiger partial charge on any atom is -0.381 e. The van der Waals surface area contributed by atoms with E-state index in [1.165, 1.54) is 0 Å². The van der Waals surface area contributed by atoms with E-state index in [0.29, 0.717) is 23.2 Å². The summed E-state index contributed by atoms with van der Waals surface area (Å²) in [4.78, 5) is 13.8. The van der Waals surface area contributed by atoms with Gasteiger partial charge >= 0.3 is 6.03 Å². The highest BCUT2D eigenvalue weighted by molar-refractivity contribution is 6.34. The molecule has 0 bridgehead atoms. The van der Waals surface area contributed by atoms with Crippen LogP contribution < -0.4 is 15.5 Å². The van der Waals surface area contributed by atoms with E-state index in [9.17, 15) is 4.79 Å². The Labute approximate surface area is 124 Å². The second-order valence-corrected chi connectivity index (χ2v) is 5.50. The van der Waals surface area contributed by atoms with E-state index in [0.717, 1.165) is 25.3 Å². The first-order valence-electron chi connectivity index (χ1n) is 6.66. The van der Waals surface area contributed by atoms with Crippen molar-refractivity contribution in [3.8, 4) is 0 Å². The quantitative estimate of drug-likeness (QED) is 0.898. The Morgan fingerprint density at radius 3 is 2.95 bits per heavy atom. The summed E-state index contributed by atoms with van der Waals surface area (Å²) in [7, 11) is 3.78. The lowest BCUT2D eigenvalue weighted by atomic mass is 10.1. The van der Waals surface area contributed by atoms with Gasteiger partial charge in [-0.3, -0.25) is 0 Å². The topological polar surface area (TPSA) is 53.6 Å². The molecule has 0 radical (unpaired) electrons. The van der Waals surface area contributed by atoms with Crippen molar-refractivity contribution >= 4 is 29.0 Å². The predicted octanol–water partition coefficient (Wildman–Crippen LogP) is 2.56. The number of carbonyl (C=O) groups excluding carboxylic acids is 1. The summed E-state index contributed by atoms with van der Waals surface area (Å²) in [5.74, 6) is 0.411. The number of carbonyl (C=O) groups is 1. The van der Waals surface area contributed by atoms with Gasteiger partial charge in [0.25, 0.3) is 0 Å². The maximum atomic E-state index is 11.9. The van der Waals surface area contributed by atoms with Gasteiger partial charge in [0.2, 0.25) is 0 Å². The molecule has 5 nitrogen and oxygen atoms in total. The van der Waals surface area contributed by atoms with Gasteiger partial charge in [-0.15, -0.1) is 0 Å². The van der Waals surface area contributed by atoms with E-state index in [2.05, 4.69) is 10.6 Å². The number of benzene rings is 1. The summed E-state index contributed by atoms with van der Waals surface area (Å²) in [6, 6.07) is 5.23. The number of anilines is 2. The SMILES string of the molecule is CN(C)c1c(Cl)cccc1NC(=O)NCC1CCOC1. The average molecular weight is 298 g/mol. The molecule has 2 amide bonds. The fourth-order valence-corrected chi connectivity index (χ4v) is 2.56. The summed E-state index contributed by atoms with van der Waals surface area (Å²) in [6.07, 6.45) is 1.00. The van der Waals surface area contributed by atoms with Crippen LogP contribution in [0.2, 0.25) is 5.02 Å². The lowest BCUT2D eigenvalue weighted by molar-refractivity contribution is 0.185. The van der Waals surface area contributed by atoms with Crippen molar-refractivity contribution in [2.45, 2.75) is 6.42 Å². The molecule has 1 saturated heterocycles. The Morgan fingerprint density at radius 1 is 1.50 bits per heavy atom. The van der Waals surface area contributed by atoms with E-state index in [-0.39, 0.29) is 6.03 Å². The zero-order valence-electron chi connectivity index (χ0n) is 11.8. The summed E-state index contributed by atoms with van der Waals surface area (Å²) < 4.78 is 5.28. The first-order chi connectivity index (χ1) is 9.58. The minimum absolute atomic E-state index is 0.220. The Bertz CT molecular complexity index is 473. The zero-order chi connectivity index (χ0) is 14.5. The van der Waals surface area contributed by atoms with Gasteiger partial charge in [0.15, 0.2) is 0 Å². The smallest absolute Gasteiger partial charge is 0.319 e. The second-order valence-electron chi connectivity index (χ2n) is 5.10. The lowest BCUT2D eigenvalue weighted by Crippen LogP contribution is -2.33. The van der Waals surface area contributed by atoms with Crippen LogP contribution in [0, 0.1) is 5.92 Å². The standard InChI is InChI=1S/C14H20ClN3O2/c1-18(2)13-11(15)4-3-5-12(13)17-14(19)16-8-10-6-7-20-9-10/h3-5,10H,6-9H2,1-2H3,(H2,16,17,19). The molecule has 1 aromatic rings. The van der Waals surface area contributed by atoms with Crippen LogP contribution in [0.3, 0.4) is 0 Å². The average Bonchev–Trinajstić information content (AvgIpc) is 2.89.